The molecule has 0 saturated heterocycles. The lowest BCUT2D eigenvalue weighted by Gasteiger charge is -2.06. The number of aromatic amines is 1. The highest BCUT2D eigenvalue weighted by Gasteiger charge is 2.01. The predicted molar refractivity (Wildman–Crippen MR) is 71.6 cm³/mol. The summed E-state index contributed by atoms with van der Waals surface area (Å²) in [5.41, 5.74) is 4.39. The summed E-state index contributed by atoms with van der Waals surface area (Å²) in [6.07, 6.45) is 5.75. The van der Waals surface area contributed by atoms with Crippen molar-refractivity contribution in [1.29, 1.82) is 0 Å². The molecule has 0 atom stereocenters. The lowest BCUT2D eigenvalue weighted by molar-refractivity contribution is 0.850. The highest BCUT2D eigenvalue weighted by Crippen LogP contribution is 2.08. The maximum atomic E-state index is 4.43. The Morgan fingerprint density at radius 1 is 1.17 bits per heavy atom. The van der Waals surface area contributed by atoms with Crippen molar-refractivity contribution >= 4 is 5.82 Å². The molecule has 2 aromatic heterocycles. The molecular weight excluding hydrogens is 226 g/mol. The molecule has 2 aromatic rings. The molecule has 0 fully saturated rings. The summed E-state index contributed by atoms with van der Waals surface area (Å²) in [6.45, 7) is 6.88. The van der Waals surface area contributed by atoms with Crippen LogP contribution < -0.4 is 5.32 Å². The molecule has 5 nitrogen and oxygen atoms in total. The molecular formula is C13H19N5. The van der Waals surface area contributed by atoms with Gasteiger partial charge in [0.2, 0.25) is 0 Å². The zero-order valence-corrected chi connectivity index (χ0v) is 11.1. The van der Waals surface area contributed by atoms with Gasteiger partial charge in [-0.1, -0.05) is 0 Å². The van der Waals surface area contributed by atoms with E-state index in [-0.39, 0.29) is 0 Å². The number of aryl methyl sites for hydroxylation is 4. The molecule has 2 heterocycles. The largest absolute Gasteiger partial charge is 0.369 e. The number of rotatable bonds is 5. The van der Waals surface area contributed by atoms with Crippen LogP contribution in [0.5, 0.6) is 0 Å². The molecule has 96 valence electrons. The Morgan fingerprint density at radius 2 is 2.00 bits per heavy atom. The van der Waals surface area contributed by atoms with E-state index in [9.17, 15) is 0 Å². The highest BCUT2D eigenvalue weighted by atomic mass is 15.1. The third-order valence-corrected chi connectivity index (χ3v) is 3.06. The molecule has 0 aliphatic rings. The maximum absolute atomic E-state index is 4.43. The summed E-state index contributed by atoms with van der Waals surface area (Å²) in [6, 6.07) is 0. The van der Waals surface area contributed by atoms with E-state index in [1.54, 1.807) is 6.20 Å². The van der Waals surface area contributed by atoms with E-state index in [1.165, 1.54) is 5.56 Å². The first kappa shape index (κ1) is 12.5. The van der Waals surface area contributed by atoms with Crippen LogP contribution >= 0.6 is 0 Å². The summed E-state index contributed by atoms with van der Waals surface area (Å²) in [4.78, 5) is 8.71. The normalized spacial score (nSPS) is 10.6. The van der Waals surface area contributed by atoms with Gasteiger partial charge in [-0.15, -0.1) is 0 Å². The minimum Gasteiger partial charge on any atom is -0.369 e. The molecule has 0 aliphatic heterocycles. The topological polar surface area (TPSA) is 66.5 Å². The lowest BCUT2D eigenvalue weighted by Crippen LogP contribution is -2.06. The number of anilines is 1. The smallest absolute Gasteiger partial charge is 0.144 e. The van der Waals surface area contributed by atoms with Crippen LogP contribution in [-0.2, 0) is 6.42 Å². The zero-order chi connectivity index (χ0) is 13.0. The third-order valence-electron chi connectivity index (χ3n) is 3.06. The quantitative estimate of drug-likeness (QED) is 0.792. The van der Waals surface area contributed by atoms with E-state index in [0.717, 1.165) is 42.3 Å². The van der Waals surface area contributed by atoms with Crippen LogP contribution in [0.3, 0.4) is 0 Å². The molecule has 0 radical (unpaired) electrons. The van der Waals surface area contributed by atoms with E-state index in [4.69, 9.17) is 0 Å². The summed E-state index contributed by atoms with van der Waals surface area (Å²) in [5, 5.41) is 10.3. The Balaban J connectivity index is 1.78. The van der Waals surface area contributed by atoms with Crippen molar-refractivity contribution in [1.82, 2.24) is 20.2 Å². The summed E-state index contributed by atoms with van der Waals surface area (Å²) < 4.78 is 0. The fourth-order valence-corrected chi connectivity index (χ4v) is 1.75. The second kappa shape index (κ2) is 5.62. The van der Waals surface area contributed by atoms with Crippen molar-refractivity contribution in [2.24, 2.45) is 0 Å². The van der Waals surface area contributed by atoms with E-state index >= 15 is 0 Å². The van der Waals surface area contributed by atoms with Gasteiger partial charge in [0.15, 0.2) is 0 Å². The predicted octanol–water partition coefficient (Wildman–Crippen LogP) is 2.17. The van der Waals surface area contributed by atoms with Crippen molar-refractivity contribution in [3.8, 4) is 0 Å². The van der Waals surface area contributed by atoms with Crippen LogP contribution in [0.1, 0.15) is 29.1 Å². The van der Waals surface area contributed by atoms with Crippen molar-refractivity contribution in [3.05, 3.63) is 35.0 Å². The molecule has 0 saturated carbocycles. The Kier molecular flexibility index (Phi) is 3.92. The number of nitrogens with one attached hydrogen (secondary N) is 2. The molecule has 5 heteroatoms. The second-order valence-corrected chi connectivity index (χ2v) is 4.48. The number of H-pyrrole nitrogens is 1. The highest BCUT2D eigenvalue weighted by molar-refractivity contribution is 5.33. The Morgan fingerprint density at radius 3 is 2.67 bits per heavy atom. The summed E-state index contributed by atoms with van der Waals surface area (Å²) >= 11 is 0. The number of nitrogens with zero attached hydrogens (tertiary/aromatic N) is 3. The van der Waals surface area contributed by atoms with Gasteiger partial charge in [-0.2, -0.15) is 5.10 Å². The van der Waals surface area contributed by atoms with Crippen LogP contribution in [0.25, 0.3) is 0 Å². The van der Waals surface area contributed by atoms with Gasteiger partial charge >= 0.3 is 0 Å². The molecule has 0 aliphatic carbocycles. The first-order chi connectivity index (χ1) is 8.66. The van der Waals surface area contributed by atoms with Crippen molar-refractivity contribution < 1.29 is 0 Å². The maximum Gasteiger partial charge on any atom is 0.144 e. The Hall–Kier alpha value is -1.91. The van der Waals surface area contributed by atoms with Gasteiger partial charge in [0.05, 0.1) is 23.8 Å². The first-order valence-electron chi connectivity index (χ1n) is 6.20. The van der Waals surface area contributed by atoms with E-state index < -0.39 is 0 Å². The fraction of sp³-hybridized carbons (Fsp3) is 0.462. The first-order valence-corrected chi connectivity index (χ1v) is 6.20. The molecule has 2 N–H and O–H groups in total. The number of hydrogen-bond donors (Lipinski definition) is 2. The van der Waals surface area contributed by atoms with Crippen molar-refractivity contribution in [2.45, 2.75) is 33.6 Å². The van der Waals surface area contributed by atoms with Crippen LogP contribution in [-0.4, -0.2) is 26.7 Å². The van der Waals surface area contributed by atoms with Crippen LogP contribution in [0.2, 0.25) is 0 Å². The Bertz CT molecular complexity index is 518. The van der Waals surface area contributed by atoms with Crippen LogP contribution in [0.15, 0.2) is 12.4 Å². The van der Waals surface area contributed by atoms with Gasteiger partial charge < -0.3 is 5.32 Å². The van der Waals surface area contributed by atoms with Gasteiger partial charge in [-0.05, 0) is 39.2 Å². The lowest BCUT2D eigenvalue weighted by atomic mass is 10.1. The molecule has 0 bridgehead atoms. The molecule has 18 heavy (non-hydrogen) atoms. The van der Waals surface area contributed by atoms with Gasteiger partial charge in [-0.25, -0.2) is 4.98 Å². The van der Waals surface area contributed by atoms with E-state index in [0.29, 0.717) is 0 Å². The number of aromatic nitrogens is 4. The molecule has 0 spiro atoms. The minimum atomic E-state index is 0.849. The van der Waals surface area contributed by atoms with Crippen molar-refractivity contribution in [2.75, 3.05) is 11.9 Å². The molecule has 0 amide bonds. The average Bonchev–Trinajstić information content (AvgIpc) is 2.75. The standard InChI is InChI=1S/C13H19N5/c1-9-10(2)17-13(8-15-9)14-6-4-5-12-7-16-18-11(12)3/h7-8H,4-6H2,1-3H3,(H,14,17)(H,16,18). The SMILES string of the molecule is Cc1ncc(NCCCc2cn[nH]c2C)nc1C. The van der Waals surface area contributed by atoms with Gasteiger partial charge in [0.1, 0.15) is 5.82 Å². The zero-order valence-electron chi connectivity index (χ0n) is 11.1. The van der Waals surface area contributed by atoms with E-state index in [2.05, 4.69) is 25.5 Å². The average molecular weight is 245 g/mol. The van der Waals surface area contributed by atoms with Gasteiger partial charge in [-0.3, -0.25) is 10.1 Å². The monoisotopic (exact) mass is 245 g/mol. The fourth-order valence-electron chi connectivity index (χ4n) is 1.75. The second-order valence-electron chi connectivity index (χ2n) is 4.48. The van der Waals surface area contributed by atoms with Crippen LogP contribution in [0.4, 0.5) is 5.82 Å². The van der Waals surface area contributed by atoms with Gasteiger partial charge in [0.25, 0.3) is 0 Å². The molecule has 0 aromatic carbocycles. The van der Waals surface area contributed by atoms with Gasteiger partial charge in [0, 0.05) is 12.2 Å². The Labute approximate surface area is 107 Å². The number of hydrogen-bond acceptors (Lipinski definition) is 4. The minimum absolute atomic E-state index is 0.849. The molecule has 2 rings (SSSR count). The molecule has 0 unspecified atom stereocenters. The summed E-state index contributed by atoms with van der Waals surface area (Å²) in [7, 11) is 0. The summed E-state index contributed by atoms with van der Waals surface area (Å²) in [5.74, 6) is 0.849. The van der Waals surface area contributed by atoms with E-state index in [1.807, 2.05) is 27.0 Å². The third kappa shape index (κ3) is 3.06. The van der Waals surface area contributed by atoms with Crippen molar-refractivity contribution in [3.63, 3.8) is 0 Å². The van der Waals surface area contributed by atoms with Crippen LogP contribution in [0, 0.1) is 20.8 Å².